The molecule has 0 bridgehead atoms. The first-order valence-corrected chi connectivity index (χ1v) is 3.37. The highest BCUT2D eigenvalue weighted by Crippen LogP contribution is 2.08. The minimum Gasteiger partial charge on any atom is -0.346 e. The molecule has 0 fully saturated rings. The van der Waals surface area contributed by atoms with Crippen LogP contribution in [0.5, 0.6) is 0 Å². The van der Waals surface area contributed by atoms with Crippen LogP contribution in [-0.2, 0) is 0 Å². The fraction of sp³-hybridized carbons (Fsp3) is 0.400. The SMILES string of the molecule is CN1C=C(Br)C=NC1N. The standard InChI is InChI=1S/C5H8BrN3/c1-9-3-4(6)2-8-5(9)7/h2-3,5H,7H2,1H3. The molecule has 4 heteroatoms. The van der Waals surface area contributed by atoms with Gasteiger partial charge in [-0.3, -0.25) is 10.7 Å². The van der Waals surface area contributed by atoms with Crippen molar-refractivity contribution in [2.75, 3.05) is 7.05 Å². The largest absolute Gasteiger partial charge is 0.346 e. The van der Waals surface area contributed by atoms with Crippen LogP contribution in [0.2, 0.25) is 0 Å². The van der Waals surface area contributed by atoms with Gasteiger partial charge in [0.1, 0.15) is 0 Å². The summed E-state index contributed by atoms with van der Waals surface area (Å²) in [7, 11) is 1.88. The summed E-state index contributed by atoms with van der Waals surface area (Å²) in [5.74, 6) is 0. The third-order valence-corrected chi connectivity index (χ3v) is 1.50. The van der Waals surface area contributed by atoms with Gasteiger partial charge in [0.15, 0.2) is 6.29 Å². The van der Waals surface area contributed by atoms with E-state index in [1.165, 1.54) is 0 Å². The topological polar surface area (TPSA) is 41.6 Å². The highest BCUT2D eigenvalue weighted by Gasteiger charge is 2.06. The molecule has 9 heavy (non-hydrogen) atoms. The van der Waals surface area contributed by atoms with Crippen molar-refractivity contribution >= 4 is 22.1 Å². The number of aliphatic imine (C=N–C) groups is 1. The van der Waals surface area contributed by atoms with Crippen LogP contribution < -0.4 is 5.73 Å². The van der Waals surface area contributed by atoms with Gasteiger partial charge in [-0.2, -0.15) is 0 Å². The fourth-order valence-electron chi connectivity index (χ4n) is 0.557. The maximum atomic E-state index is 5.50. The maximum absolute atomic E-state index is 5.50. The molecule has 0 saturated heterocycles. The van der Waals surface area contributed by atoms with E-state index in [2.05, 4.69) is 20.9 Å². The number of hydrogen-bond acceptors (Lipinski definition) is 3. The van der Waals surface area contributed by atoms with E-state index in [4.69, 9.17) is 5.73 Å². The molecule has 1 aliphatic heterocycles. The molecule has 0 aromatic heterocycles. The van der Waals surface area contributed by atoms with Crippen LogP contribution in [0.15, 0.2) is 15.7 Å². The first-order chi connectivity index (χ1) is 4.20. The molecule has 0 radical (unpaired) electrons. The summed E-state index contributed by atoms with van der Waals surface area (Å²) in [4.78, 5) is 5.78. The van der Waals surface area contributed by atoms with Gasteiger partial charge in [0, 0.05) is 19.5 Å². The molecule has 0 aromatic carbocycles. The summed E-state index contributed by atoms with van der Waals surface area (Å²) in [5.41, 5.74) is 5.50. The van der Waals surface area contributed by atoms with Gasteiger partial charge in [-0.15, -0.1) is 0 Å². The Morgan fingerprint density at radius 3 is 3.00 bits per heavy atom. The van der Waals surface area contributed by atoms with Gasteiger partial charge in [0.05, 0.1) is 4.48 Å². The predicted molar refractivity (Wildman–Crippen MR) is 41.2 cm³/mol. The summed E-state index contributed by atoms with van der Waals surface area (Å²) in [6.07, 6.45) is 3.37. The Balaban J connectivity index is 2.70. The average Bonchev–Trinajstić information content (AvgIpc) is 1.80. The molecule has 1 rings (SSSR count). The van der Waals surface area contributed by atoms with Crippen molar-refractivity contribution in [3.8, 4) is 0 Å². The lowest BCUT2D eigenvalue weighted by atomic mass is 10.5. The second-order valence-corrected chi connectivity index (χ2v) is 2.79. The monoisotopic (exact) mass is 189 g/mol. The van der Waals surface area contributed by atoms with Crippen LogP contribution in [0.3, 0.4) is 0 Å². The Morgan fingerprint density at radius 2 is 2.56 bits per heavy atom. The van der Waals surface area contributed by atoms with Crippen molar-refractivity contribution in [3.05, 3.63) is 10.7 Å². The van der Waals surface area contributed by atoms with Gasteiger partial charge in [-0.25, -0.2) is 0 Å². The number of nitrogens with zero attached hydrogens (tertiary/aromatic N) is 2. The Kier molecular flexibility index (Phi) is 1.87. The average molecular weight is 190 g/mol. The second-order valence-electron chi connectivity index (χ2n) is 1.87. The zero-order valence-corrected chi connectivity index (χ0v) is 6.67. The van der Waals surface area contributed by atoms with Crippen LogP contribution in [0, 0.1) is 0 Å². The van der Waals surface area contributed by atoms with E-state index in [1.807, 2.05) is 18.1 Å². The molecule has 0 saturated carbocycles. The van der Waals surface area contributed by atoms with E-state index in [0.29, 0.717) is 0 Å². The quantitative estimate of drug-likeness (QED) is 0.603. The highest BCUT2D eigenvalue weighted by atomic mass is 79.9. The summed E-state index contributed by atoms with van der Waals surface area (Å²) < 4.78 is 0.951. The molecule has 0 amide bonds. The number of rotatable bonds is 0. The summed E-state index contributed by atoms with van der Waals surface area (Å²) in [5, 5.41) is 0. The van der Waals surface area contributed by atoms with Crippen molar-refractivity contribution in [1.82, 2.24) is 4.90 Å². The third kappa shape index (κ3) is 1.53. The molecular formula is C5H8BrN3. The minimum absolute atomic E-state index is 0.216. The van der Waals surface area contributed by atoms with Crippen LogP contribution >= 0.6 is 15.9 Å². The van der Waals surface area contributed by atoms with E-state index in [-0.39, 0.29) is 6.29 Å². The van der Waals surface area contributed by atoms with E-state index in [9.17, 15) is 0 Å². The van der Waals surface area contributed by atoms with Gasteiger partial charge < -0.3 is 4.90 Å². The lowest BCUT2D eigenvalue weighted by molar-refractivity contribution is 0.345. The summed E-state index contributed by atoms with van der Waals surface area (Å²) in [6.45, 7) is 0. The molecular weight excluding hydrogens is 182 g/mol. The molecule has 50 valence electrons. The smallest absolute Gasteiger partial charge is 0.173 e. The second kappa shape index (κ2) is 2.49. The van der Waals surface area contributed by atoms with E-state index in [0.717, 1.165) is 4.48 Å². The van der Waals surface area contributed by atoms with E-state index in [1.54, 1.807) is 6.21 Å². The fourth-order valence-corrected chi connectivity index (χ4v) is 0.998. The Bertz CT molecular complexity index is 164. The highest BCUT2D eigenvalue weighted by molar-refractivity contribution is 9.12. The first kappa shape index (κ1) is 6.77. The molecule has 1 heterocycles. The summed E-state index contributed by atoms with van der Waals surface area (Å²) >= 11 is 3.27. The Morgan fingerprint density at radius 1 is 1.89 bits per heavy atom. The van der Waals surface area contributed by atoms with Crippen LogP contribution in [0.1, 0.15) is 0 Å². The van der Waals surface area contributed by atoms with E-state index < -0.39 is 0 Å². The van der Waals surface area contributed by atoms with E-state index >= 15 is 0 Å². The molecule has 0 aliphatic carbocycles. The summed E-state index contributed by atoms with van der Waals surface area (Å²) in [6, 6.07) is 0. The van der Waals surface area contributed by atoms with Gasteiger partial charge in [-0.1, -0.05) is 0 Å². The first-order valence-electron chi connectivity index (χ1n) is 2.58. The number of hydrogen-bond donors (Lipinski definition) is 1. The zero-order valence-electron chi connectivity index (χ0n) is 5.08. The van der Waals surface area contributed by atoms with Crippen molar-refractivity contribution < 1.29 is 0 Å². The normalized spacial score (nSPS) is 26.3. The zero-order chi connectivity index (χ0) is 6.85. The molecule has 2 N–H and O–H groups in total. The van der Waals surface area contributed by atoms with Crippen LogP contribution in [0.25, 0.3) is 0 Å². The van der Waals surface area contributed by atoms with Crippen LogP contribution in [0.4, 0.5) is 0 Å². The van der Waals surface area contributed by atoms with Crippen LogP contribution in [-0.4, -0.2) is 24.5 Å². The molecule has 1 atom stereocenters. The van der Waals surface area contributed by atoms with Crippen molar-refractivity contribution in [2.24, 2.45) is 10.7 Å². The van der Waals surface area contributed by atoms with Crippen molar-refractivity contribution in [1.29, 1.82) is 0 Å². The molecule has 1 aliphatic rings. The Hall–Kier alpha value is -0.350. The molecule has 0 aromatic rings. The number of nitrogens with two attached hydrogens (primary N) is 1. The van der Waals surface area contributed by atoms with Gasteiger partial charge >= 0.3 is 0 Å². The lowest BCUT2D eigenvalue weighted by Crippen LogP contribution is -2.35. The predicted octanol–water partition coefficient (Wildman–Crippen LogP) is 0.481. The molecule has 1 unspecified atom stereocenters. The number of halogens is 1. The Labute approximate surface area is 62.4 Å². The molecule has 0 spiro atoms. The van der Waals surface area contributed by atoms with Gasteiger partial charge in [-0.05, 0) is 15.9 Å². The maximum Gasteiger partial charge on any atom is 0.173 e. The van der Waals surface area contributed by atoms with Gasteiger partial charge in [0.2, 0.25) is 0 Å². The lowest BCUT2D eigenvalue weighted by Gasteiger charge is -2.21. The molecule has 3 nitrogen and oxygen atoms in total. The number of allylic oxidation sites excluding steroid dienone is 1. The van der Waals surface area contributed by atoms with Crippen molar-refractivity contribution in [2.45, 2.75) is 6.29 Å². The van der Waals surface area contributed by atoms with Crippen molar-refractivity contribution in [3.63, 3.8) is 0 Å². The minimum atomic E-state index is -0.216. The van der Waals surface area contributed by atoms with Gasteiger partial charge in [0.25, 0.3) is 0 Å². The third-order valence-electron chi connectivity index (χ3n) is 1.09.